The van der Waals surface area contributed by atoms with Crippen LogP contribution in [0.1, 0.15) is 12.8 Å². The minimum atomic E-state index is -0.0656. The molecule has 0 aliphatic carbocycles. The summed E-state index contributed by atoms with van der Waals surface area (Å²) in [6.07, 6.45) is 5.39. The van der Waals surface area contributed by atoms with Crippen LogP contribution in [0.4, 0.5) is 6.01 Å². The lowest BCUT2D eigenvalue weighted by molar-refractivity contribution is 0.328. The summed E-state index contributed by atoms with van der Waals surface area (Å²) < 4.78 is 7.48. The van der Waals surface area contributed by atoms with Gasteiger partial charge in [-0.1, -0.05) is 12.1 Å². The second kappa shape index (κ2) is 7.50. The van der Waals surface area contributed by atoms with Crippen molar-refractivity contribution in [1.29, 1.82) is 0 Å². The molecule has 5 rings (SSSR count). The standard InChI is InChI=1S/C22H21N5O2/c28-21-6-5-18(17-7-11-23-12-8-17)25-27(21)15-16-9-13-26(14-10-16)22-24-19-3-1-2-4-20(19)29-22/h1-8,11-12,16H,9-10,13-15H2. The lowest BCUT2D eigenvalue weighted by Gasteiger charge is -2.30. The summed E-state index contributed by atoms with van der Waals surface area (Å²) in [6.45, 7) is 2.34. The Hall–Kier alpha value is -3.48. The number of anilines is 1. The van der Waals surface area contributed by atoms with E-state index in [1.807, 2.05) is 36.4 Å². The molecule has 1 aliphatic heterocycles. The Kier molecular flexibility index (Phi) is 4.56. The highest BCUT2D eigenvalue weighted by Gasteiger charge is 2.23. The van der Waals surface area contributed by atoms with Crippen molar-refractivity contribution < 1.29 is 4.42 Å². The van der Waals surface area contributed by atoms with Crippen molar-refractivity contribution in [3.05, 3.63) is 71.3 Å². The van der Waals surface area contributed by atoms with Crippen LogP contribution in [-0.4, -0.2) is 32.8 Å². The molecule has 1 aliphatic rings. The first-order valence-electron chi connectivity index (χ1n) is 9.85. The second-order valence-electron chi connectivity index (χ2n) is 7.37. The normalized spacial score (nSPS) is 15.1. The quantitative estimate of drug-likeness (QED) is 0.534. The summed E-state index contributed by atoms with van der Waals surface area (Å²) in [5, 5.41) is 4.57. The van der Waals surface area contributed by atoms with E-state index >= 15 is 0 Å². The molecule has 0 atom stereocenters. The summed E-state index contributed by atoms with van der Waals surface area (Å²) >= 11 is 0. The largest absolute Gasteiger partial charge is 0.423 e. The van der Waals surface area contributed by atoms with E-state index in [1.165, 1.54) is 0 Å². The Labute approximate surface area is 167 Å². The van der Waals surface area contributed by atoms with E-state index in [0.29, 0.717) is 18.5 Å². The number of oxazole rings is 1. The van der Waals surface area contributed by atoms with Crippen LogP contribution in [0.5, 0.6) is 0 Å². The maximum atomic E-state index is 12.3. The van der Waals surface area contributed by atoms with Crippen molar-refractivity contribution >= 4 is 17.1 Å². The number of hydrogen-bond acceptors (Lipinski definition) is 6. The molecule has 0 amide bonds. The van der Waals surface area contributed by atoms with Crippen molar-refractivity contribution in [3.8, 4) is 11.3 Å². The molecule has 0 unspecified atom stereocenters. The van der Waals surface area contributed by atoms with Gasteiger partial charge in [-0.25, -0.2) is 4.68 Å². The highest BCUT2D eigenvalue weighted by molar-refractivity contribution is 5.74. The topological polar surface area (TPSA) is 77.1 Å². The molecule has 0 radical (unpaired) electrons. The van der Waals surface area contributed by atoms with Crippen LogP contribution in [0, 0.1) is 5.92 Å². The van der Waals surface area contributed by atoms with Crippen LogP contribution in [0.3, 0.4) is 0 Å². The summed E-state index contributed by atoms with van der Waals surface area (Å²) in [7, 11) is 0. The monoisotopic (exact) mass is 387 g/mol. The van der Waals surface area contributed by atoms with Crippen molar-refractivity contribution in [3.63, 3.8) is 0 Å². The van der Waals surface area contributed by atoms with Crippen molar-refractivity contribution in [1.82, 2.24) is 19.7 Å². The predicted octanol–water partition coefficient (Wildman–Crippen LogP) is 3.36. The van der Waals surface area contributed by atoms with Crippen LogP contribution in [0.25, 0.3) is 22.4 Å². The highest BCUT2D eigenvalue weighted by atomic mass is 16.4. The van der Waals surface area contributed by atoms with E-state index in [-0.39, 0.29) is 5.56 Å². The van der Waals surface area contributed by atoms with Crippen LogP contribution >= 0.6 is 0 Å². The fourth-order valence-electron chi connectivity index (χ4n) is 3.80. The van der Waals surface area contributed by atoms with E-state index in [2.05, 4.69) is 20.0 Å². The van der Waals surface area contributed by atoms with Crippen molar-refractivity contribution in [2.45, 2.75) is 19.4 Å². The van der Waals surface area contributed by atoms with Crippen LogP contribution in [0.2, 0.25) is 0 Å². The fourth-order valence-corrected chi connectivity index (χ4v) is 3.80. The zero-order valence-electron chi connectivity index (χ0n) is 15.9. The number of benzene rings is 1. The van der Waals surface area contributed by atoms with Gasteiger partial charge in [0.25, 0.3) is 11.6 Å². The maximum Gasteiger partial charge on any atom is 0.298 e. The molecule has 29 heavy (non-hydrogen) atoms. The van der Waals surface area contributed by atoms with Gasteiger partial charge in [-0.15, -0.1) is 0 Å². The molecule has 7 nitrogen and oxygen atoms in total. The summed E-state index contributed by atoms with van der Waals surface area (Å²) in [6, 6.07) is 15.7. The third kappa shape index (κ3) is 3.63. The Morgan fingerprint density at radius 2 is 1.79 bits per heavy atom. The van der Waals surface area contributed by atoms with Gasteiger partial charge in [-0.05, 0) is 49.1 Å². The average Bonchev–Trinajstić information content (AvgIpc) is 3.21. The molecule has 3 aromatic heterocycles. The van der Waals surface area contributed by atoms with Crippen LogP contribution < -0.4 is 10.5 Å². The molecule has 0 saturated carbocycles. The first kappa shape index (κ1) is 17.6. The molecular weight excluding hydrogens is 366 g/mol. The molecule has 1 fully saturated rings. The van der Waals surface area contributed by atoms with E-state index in [4.69, 9.17) is 4.42 Å². The number of aromatic nitrogens is 4. The summed E-state index contributed by atoms with van der Waals surface area (Å²) in [5.74, 6) is 0.397. The van der Waals surface area contributed by atoms with Crippen molar-refractivity contribution in [2.75, 3.05) is 18.0 Å². The Balaban J connectivity index is 1.27. The summed E-state index contributed by atoms with van der Waals surface area (Å²) in [5.41, 5.74) is 3.38. The smallest absolute Gasteiger partial charge is 0.298 e. The van der Waals surface area contributed by atoms with Gasteiger partial charge >= 0.3 is 0 Å². The van der Waals surface area contributed by atoms with Gasteiger partial charge in [-0.3, -0.25) is 9.78 Å². The van der Waals surface area contributed by atoms with E-state index < -0.39 is 0 Å². The highest BCUT2D eigenvalue weighted by Crippen LogP contribution is 2.26. The van der Waals surface area contributed by atoms with Gasteiger partial charge < -0.3 is 9.32 Å². The molecule has 4 aromatic rings. The molecule has 4 heterocycles. The van der Waals surface area contributed by atoms with Gasteiger partial charge in [0.15, 0.2) is 5.58 Å². The first-order chi connectivity index (χ1) is 14.3. The third-order valence-corrected chi connectivity index (χ3v) is 5.44. The number of fused-ring (bicyclic) bond motifs is 1. The minimum absolute atomic E-state index is 0.0656. The zero-order valence-corrected chi connectivity index (χ0v) is 15.9. The number of pyridine rings is 1. The SMILES string of the molecule is O=c1ccc(-c2ccncc2)nn1CC1CCN(c2nc3ccccc3o2)CC1. The lowest BCUT2D eigenvalue weighted by Crippen LogP contribution is -2.37. The first-order valence-corrected chi connectivity index (χ1v) is 9.85. The molecule has 1 aromatic carbocycles. The minimum Gasteiger partial charge on any atom is -0.423 e. The van der Waals surface area contributed by atoms with Gasteiger partial charge in [0, 0.05) is 43.7 Å². The van der Waals surface area contributed by atoms with E-state index in [0.717, 1.165) is 48.3 Å². The second-order valence-corrected chi connectivity index (χ2v) is 7.37. The number of rotatable bonds is 4. The number of piperidine rings is 1. The third-order valence-electron chi connectivity index (χ3n) is 5.44. The van der Waals surface area contributed by atoms with Crippen LogP contribution in [0.15, 0.2) is 70.1 Å². The fraction of sp³-hybridized carbons (Fsp3) is 0.273. The van der Waals surface area contributed by atoms with Crippen LogP contribution in [-0.2, 0) is 6.54 Å². The maximum absolute atomic E-state index is 12.3. The van der Waals surface area contributed by atoms with Gasteiger partial charge in [-0.2, -0.15) is 10.1 Å². The molecule has 0 bridgehead atoms. The molecule has 7 heteroatoms. The van der Waals surface area contributed by atoms with E-state index in [1.54, 1.807) is 29.2 Å². The molecule has 1 saturated heterocycles. The predicted molar refractivity (Wildman–Crippen MR) is 111 cm³/mol. The van der Waals surface area contributed by atoms with Gasteiger partial charge in [0.2, 0.25) is 0 Å². The number of para-hydroxylation sites is 2. The number of nitrogens with zero attached hydrogens (tertiary/aromatic N) is 5. The number of hydrogen-bond donors (Lipinski definition) is 0. The Morgan fingerprint density at radius 3 is 2.59 bits per heavy atom. The molecular formula is C22H21N5O2. The molecule has 0 spiro atoms. The van der Waals surface area contributed by atoms with Gasteiger partial charge in [0.1, 0.15) is 5.52 Å². The summed E-state index contributed by atoms with van der Waals surface area (Å²) in [4.78, 5) is 23.1. The Bertz CT molecular complexity index is 1140. The van der Waals surface area contributed by atoms with Gasteiger partial charge in [0.05, 0.1) is 5.69 Å². The molecule has 146 valence electrons. The lowest BCUT2D eigenvalue weighted by atomic mass is 9.97. The van der Waals surface area contributed by atoms with E-state index in [9.17, 15) is 4.79 Å². The Morgan fingerprint density at radius 1 is 1.00 bits per heavy atom. The molecule has 0 N–H and O–H groups in total. The zero-order chi connectivity index (χ0) is 19.6. The average molecular weight is 387 g/mol. The van der Waals surface area contributed by atoms with Crippen molar-refractivity contribution in [2.24, 2.45) is 5.92 Å².